The third kappa shape index (κ3) is 7.90. The van der Waals surface area contributed by atoms with Gasteiger partial charge in [-0.25, -0.2) is 40.5 Å². The highest BCUT2D eigenvalue weighted by Crippen LogP contribution is 2.01. The molecule has 0 aliphatic heterocycles. The van der Waals surface area contributed by atoms with Crippen LogP contribution >= 0.6 is 0 Å². The van der Waals surface area contributed by atoms with Gasteiger partial charge in [-0.1, -0.05) is 15.0 Å². The van der Waals surface area contributed by atoms with E-state index in [0.717, 1.165) is 14.0 Å². The van der Waals surface area contributed by atoms with Crippen molar-refractivity contribution in [1.29, 1.82) is 0 Å². The summed E-state index contributed by atoms with van der Waals surface area (Å²) >= 11 is 0. The molecule has 0 bridgehead atoms. The fourth-order valence-corrected chi connectivity index (χ4v) is 1.27. The summed E-state index contributed by atoms with van der Waals surface area (Å²) in [5, 5.41) is 39.2. The second-order valence-electron chi connectivity index (χ2n) is 4.32. The molecule has 0 aromatic carbocycles. The van der Waals surface area contributed by atoms with Gasteiger partial charge in [0.15, 0.2) is 20.1 Å². The van der Waals surface area contributed by atoms with Gasteiger partial charge in [-0.2, -0.15) is 0 Å². The van der Waals surface area contributed by atoms with Gasteiger partial charge in [-0.15, -0.1) is 5.01 Å². The first-order chi connectivity index (χ1) is 11.5. The molecule has 0 radical (unpaired) electrons. The topological polar surface area (TPSA) is 212 Å². The maximum atomic E-state index is 11.0. The predicted octanol–water partition coefficient (Wildman–Crippen LogP) is -2.02. The zero-order chi connectivity index (χ0) is 19.7. The zero-order valence-corrected chi connectivity index (χ0v) is 13.0. The molecule has 18 nitrogen and oxygen atoms in total. The van der Waals surface area contributed by atoms with E-state index in [1.54, 1.807) is 0 Å². The smallest absolute Gasteiger partial charge is 0.304 e. The number of hydrogen-bond acceptors (Lipinski definition) is 10. The fourth-order valence-electron chi connectivity index (χ4n) is 1.27. The summed E-state index contributed by atoms with van der Waals surface area (Å²) in [6.45, 7) is -3.15. The molecule has 0 atom stereocenters. The van der Waals surface area contributed by atoms with Crippen molar-refractivity contribution in [3.63, 3.8) is 0 Å². The maximum Gasteiger partial charge on any atom is 0.304 e. The fraction of sp³-hybridized carbons (Fsp3) is 0.857. The highest BCUT2D eigenvalue weighted by atomic mass is 16.7. The first kappa shape index (κ1) is 21.3. The molecule has 0 aromatic rings. The lowest BCUT2D eigenvalue weighted by atomic mass is 10.7. The van der Waals surface area contributed by atoms with E-state index in [1.807, 2.05) is 0 Å². The highest BCUT2D eigenvalue weighted by molar-refractivity contribution is 5.65. The van der Waals surface area contributed by atoms with Gasteiger partial charge < -0.3 is 4.74 Å². The summed E-state index contributed by atoms with van der Waals surface area (Å²) in [5.74, 6) is -0.890. The number of nitro groups is 4. The number of ether oxygens (including phenoxy) is 1. The lowest BCUT2D eigenvalue weighted by Crippen LogP contribution is -2.52. The standard InChI is InChI=1S/C7H14N8O10/c1-7(16)25-6-11(15(23)24)5-10(14(21)22)4-9(13(19)20)3-8(2)12(17)18/h3-6H2,1-2H3. The molecule has 18 heteroatoms. The molecule has 0 amide bonds. The average molecular weight is 370 g/mol. The lowest BCUT2D eigenvalue weighted by molar-refractivity contribution is -0.749. The SMILES string of the molecule is CC(=O)OCN(CN(CN(CN(C)[N+](=O)[O-])[N+](=O)[O-])[N+](=O)[O-])[N+](=O)[O-]. The van der Waals surface area contributed by atoms with E-state index in [9.17, 15) is 45.3 Å². The molecule has 0 saturated carbocycles. The van der Waals surface area contributed by atoms with Crippen LogP contribution in [0, 0.1) is 40.5 Å². The first-order valence-corrected chi connectivity index (χ1v) is 6.12. The molecular weight excluding hydrogens is 356 g/mol. The molecule has 0 rings (SSSR count). The summed E-state index contributed by atoms with van der Waals surface area (Å²) in [5.41, 5.74) is 0. The van der Waals surface area contributed by atoms with Gasteiger partial charge in [-0.05, 0) is 0 Å². The molecule has 0 spiro atoms. The lowest BCUT2D eigenvalue weighted by Gasteiger charge is -2.22. The summed E-state index contributed by atoms with van der Waals surface area (Å²) < 4.78 is 4.35. The van der Waals surface area contributed by atoms with Crippen molar-refractivity contribution in [3.05, 3.63) is 40.5 Å². The van der Waals surface area contributed by atoms with E-state index in [-0.39, 0.29) is 20.0 Å². The Morgan fingerprint density at radius 1 is 0.800 bits per heavy atom. The van der Waals surface area contributed by atoms with Crippen molar-refractivity contribution < 1.29 is 29.7 Å². The van der Waals surface area contributed by atoms with Gasteiger partial charge in [0.1, 0.15) is 0 Å². The van der Waals surface area contributed by atoms with Crippen LogP contribution in [0.15, 0.2) is 0 Å². The molecule has 0 saturated heterocycles. The molecule has 0 unspecified atom stereocenters. The second kappa shape index (κ2) is 9.42. The van der Waals surface area contributed by atoms with Crippen LogP contribution < -0.4 is 0 Å². The molecule has 0 aliphatic rings. The van der Waals surface area contributed by atoms with Crippen LogP contribution in [0.5, 0.6) is 0 Å². The maximum absolute atomic E-state index is 11.0. The van der Waals surface area contributed by atoms with Crippen molar-refractivity contribution in [2.75, 3.05) is 33.8 Å². The summed E-state index contributed by atoms with van der Waals surface area (Å²) in [4.78, 5) is 53.8. The molecule has 0 fully saturated rings. The van der Waals surface area contributed by atoms with Gasteiger partial charge in [0.25, 0.3) is 0 Å². The molecule has 0 aliphatic carbocycles. The Labute approximate surface area is 138 Å². The molecular formula is C7H14N8O10. The summed E-state index contributed by atoms with van der Waals surface area (Å²) in [7, 11) is 0.886. The number of esters is 1. The first-order valence-electron chi connectivity index (χ1n) is 6.12. The van der Waals surface area contributed by atoms with Gasteiger partial charge in [0.2, 0.25) is 26.7 Å². The van der Waals surface area contributed by atoms with E-state index in [2.05, 4.69) is 4.74 Å². The minimum absolute atomic E-state index is 0.0445. The van der Waals surface area contributed by atoms with Crippen molar-refractivity contribution in [2.24, 2.45) is 0 Å². The van der Waals surface area contributed by atoms with Crippen LogP contribution in [0.4, 0.5) is 0 Å². The third-order valence-corrected chi connectivity index (χ3v) is 2.41. The highest BCUT2D eigenvalue weighted by Gasteiger charge is 2.32. The minimum Gasteiger partial charge on any atom is -0.439 e. The number of hydrazine groups is 4. The van der Waals surface area contributed by atoms with Crippen LogP contribution in [0.2, 0.25) is 0 Å². The van der Waals surface area contributed by atoms with E-state index < -0.39 is 52.8 Å². The van der Waals surface area contributed by atoms with Crippen molar-refractivity contribution in [1.82, 2.24) is 20.0 Å². The largest absolute Gasteiger partial charge is 0.439 e. The number of carbonyl (C=O) groups is 1. The van der Waals surface area contributed by atoms with Crippen LogP contribution in [0.3, 0.4) is 0 Å². The molecule has 0 heterocycles. The van der Waals surface area contributed by atoms with Crippen LogP contribution in [-0.2, 0) is 9.53 Å². The Morgan fingerprint density at radius 2 is 1.20 bits per heavy atom. The predicted molar refractivity (Wildman–Crippen MR) is 72.5 cm³/mol. The van der Waals surface area contributed by atoms with Crippen LogP contribution in [0.25, 0.3) is 0 Å². The van der Waals surface area contributed by atoms with Gasteiger partial charge in [0, 0.05) is 6.92 Å². The summed E-state index contributed by atoms with van der Waals surface area (Å²) in [6, 6.07) is 0. The van der Waals surface area contributed by atoms with Crippen molar-refractivity contribution in [3.8, 4) is 0 Å². The number of nitrogens with zero attached hydrogens (tertiary/aromatic N) is 8. The van der Waals surface area contributed by atoms with Gasteiger partial charge in [0.05, 0.1) is 7.05 Å². The third-order valence-electron chi connectivity index (χ3n) is 2.41. The number of carbonyl (C=O) groups excluding carboxylic acids is 1. The van der Waals surface area contributed by atoms with E-state index in [1.165, 1.54) is 0 Å². The number of hydrogen-bond donors (Lipinski definition) is 0. The Morgan fingerprint density at radius 3 is 1.56 bits per heavy atom. The Balaban J connectivity index is 5.13. The van der Waals surface area contributed by atoms with Crippen LogP contribution in [-0.4, -0.2) is 79.9 Å². The Hall–Kier alpha value is -3.73. The zero-order valence-electron chi connectivity index (χ0n) is 13.0. The number of rotatable bonds is 12. The quantitative estimate of drug-likeness (QED) is 0.157. The minimum atomic E-state index is -1.17. The van der Waals surface area contributed by atoms with E-state index in [0.29, 0.717) is 0 Å². The Kier molecular flexibility index (Phi) is 8.01. The second-order valence-corrected chi connectivity index (χ2v) is 4.32. The monoisotopic (exact) mass is 370 g/mol. The molecule has 142 valence electrons. The average Bonchev–Trinajstić information content (AvgIpc) is 2.47. The Bertz CT molecular complexity index is 541. The van der Waals surface area contributed by atoms with Crippen molar-refractivity contribution in [2.45, 2.75) is 6.92 Å². The van der Waals surface area contributed by atoms with Gasteiger partial charge >= 0.3 is 5.97 Å². The van der Waals surface area contributed by atoms with Gasteiger partial charge in [-0.3, -0.25) is 4.79 Å². The van der Waals surface area contributed by atoms with Crippen LogP contribution in [0.1, 0.15) is 6.92 Å². The van der Waals surface area contributed by atoms with E-state index >= 15 is 0 Å². The molecule has 25 heavy (non-hydrogen) atoms. The van der Waals surface area contributed by atoms with Crippen molar-refractivity contribution >= 4 is 5.97 Å². The molecule has 0 aromatic heterocycles. The van der Waals surface area contributed by atoms with E-state index in [4.69, 9.17) is 0 Å². The normalized spacial score (nSPS) is 9.68. The molecule has 0 N–H and O–H groups in total. The summed E-state index contributed by atoms with van der Waals surface area (Å²) in [6.07, 6.45) is 0.